The number of cyclic esters (lactones) is 1. The molecule has 150 valence electrons. The Morgan fingerprint density at radius 1 is 1.07 bits per heavy atom. The maximum atomic E-state index is 12.3. The molecule has 29 heavy (non-hydrogen) atoms. The zero-order valence-corrected chi connectivity index (χ0v) is 16.4. The molecule has 0 aromatic heterocycles. The molecule has 2 aromatic rings. The van der Waals surface area contributed by atoms with Crippen LogP contribution in [-0.4, -0.2) is 38.1 Å². The summed E-state index contributed by atoms with van der Waals surface area (Å²) in [7, 11) is 4.43. The van der Waals surface area contributed by atoms with E-state index < -0.39 is 10.9 Å². The van der Waals surface area contributed by atoms with Crippen LogP contribution in [0.5, 0.6) is 17.2 Å². The molecule has 1 aliphatic rings. The molecular weight excluding hydrogens is 404 g/mol. The minimum atomic E-state index is -0.737. The molecule has 0 unspecified atom stereocenters. The van der Waals surface area contributed by atoms with E-state index in [0.29, 0.717) is 22.8 Å². The number of hydrogen-bond donors (Lipinski definition) is 0. The molecule has 0 saturated heterocycles. The third-order valence-electron chi connectivity index (χ3n) is 4.04. The van der Waals surface area contributed by atoms with Crippen LogP contribution < -0.4 is 14.2 Å². The van der Waals surface area contributed by atoms with Crippen molar-refractivity contribution in [3.8, 4) is 17.2 Å². The first-order valence-electron chi connectivity index (χ1n) is 8.14. The first kappa shape index (κ1) is 20.2. The highest BCUT2D eigenvalue weighted by molar-refractivity contribution is 6.34. The van der Waals surface area contributed by atoms with Crippen LogP contribution in [0.2, 0.25) is 5.02 Å². The Kier molecular flexibility index (Phi) is 5.69. The summed E-state index contributed by atoms with van der Waals surface area (Å²) in [5, 5.41) is 11.2. The fraction of sp³-hybridized carbons (Fsp3) is 0.158. The number of aliphatic imine (C=N–C) groups is 1. The monoisotopic (exact) mass is 418 g/mol. The number of esters is 1. The lowest BCUT2D eigenvalue weighted by Gasteiger charge is -2.12. The lowest BCUT2D eigenvalue weighted by Crippen LogP contribution is -2.06. The molecule has 0 spiro atoms. The number of nitro benzene ring substituents is 1. The minimum absolute atomic E-state index is 0.0342. The maximum absolute atomic E-state index is 12.3. The molecule has 1 aliphatic heterocycles. The fourth-order valence-corrected chi connectivity index (χ4v) is 2.83. The van der Waals surface area contributed by atoms with E-state index in [1.165, 1.54) is 45.6 Å². The van der Waals surface area contributed by atoms with Crippen LogP contribution in [0.15, 0.2) is 41.0 Å². The van der Waals surface area contributed by atoms with Gasteiger partial charge in [-0.05, 0) is 18.2 Å². The van der Waals surface area contributed by atoms with Crippen LogP contribution in [0.25, 0.3) is 6.08 Å². The van der Waals surface area contributed by atoms with E-state index in [-0.39, 0.29) is 27.9 Å². The zero-order valence-electron chi connectivity index (χ0n) is 15.6. The quantitative estimate of drug-likeness (QED) is 0.305. The lowest BCUT2D eigenvalue weighted by atomic mass is 10.1. The Morgan fingerprint density at radius 3 is 2.34 bits per heavy atom. The van der Waals surface area contributed by atoms with Crippen LogP contribution in [0, 0.1) is 10.1 Å². The van der Waals surface area contributed by atoms with Crippen molar-refractivity contribution in [2.24, 2.45) is 4.99 Å². The van der Waals surface area contributed by atoms with Gasteiger partial charge < -0.3 is 18.9 Å². The van der Waals surface area contributed by atoms with Crippen LogP contribution >= 0.6 is 11.6 Å². The maximum Gasteiger partial charge on any atom is 0.363 e. The second-order valence-corrected chi connectivity index (χ2v) is 6.11. The van der Waals surface area contributed by atoms with Crippen molar-refractivity contribution in [1.29, 1.82) is 0 Å². The van der Waals surface area contributed by atoms with Gasteiger partial charge in [0.2, 0.25) is 5.90 Å². The summed E-state index contributed by atoms with van der Waals surface area (Å²) >= 11 is 6.09. The number of methoxy groups -OCH3 is 3. The van der Waals surface area contributed by atoms with Crippen LogP contribution in [0.1, 0.15) is 11.1 Å². The summed E-state index contributed by atoms with van der Waals surface area (Å²) in [6, 6.07) is 6.99. The van der Waals surface area contributed by atoms with Gasteiger partial charge in [0.15, 0.2) is 17.2 Å². The molecule has 0 amide bonds. The average molecular weight is 419 g/mol. The Morgan fingerprint density at radius 2 is 1.72 bits per heavy atom. The van der Waals surface area contributed by atoms with Crippen LogP contribution in [0.4, 0.5) is 5.69 Å². The normalized spacial score (nSPS) is 14.4. The number of nitro groups is 1. The van der Waals surface area contributed by atoms with Crippen molar-refractivity contribution in [1.82, 2.24) is 0 Å². The highest BCUT2D eigenvalue weighted by atomic mass is 35.5. The van der Waals surface area contributed by atoms with Gasteiger partial charge in [-0.2, -0.15) is 0 Å². The number of nitrogens with zero attached hydrogens (tertiary/aromatic N) is 2. The molecule has 0 aliphatic carbocycles. The Labute approximate surface area is 170 Å². The summed E-state index contributed by atoms with van der Waals surface area (Å²) < 4.78 is 21.0. The molecule has 0 atom stereocenters. The number of benzene rings is 2. The van der Waals surface area contributed by atoms with Crippen molar-refractivity contribution in [2.45, 2.75) is 0 Å². The molecule has 2 aromatic carbocycles. The number of halogens is 1. The second-order valence-electron chi connectivity index (χ2n) is 5.71. The fourth-order valence-electron chi connectivity index (χ4n) is 2.63. The number of carbonyl (C=O) groups excluding carboxylic acids is 1. The summed E-state index contributed by atoms with van der Waals surface area (Å²) in [6.07, 6.45) is 1.45. The van der Waals surface area contributed by atoms with Crippen molar-refractivity contribution < 1.29 is 28.7 Å². The molecule has 0 bridgehead atoms. The van der Waals surface area contributed by atoms with Gasteiger partial charge in [-0.1, -0.05) is 11.6 Å². The van der Waals surface area contributed by atoms with E-state index in [0.717, 1.165) is 0 Å². The highest BCUT2D eigenvalue weighted by Gasteiger charge is 2.27. The molecule has 1 heterocycles. The van der Waals surface area contributed by atoms with Gasteiger partial charge >= 0.3 is 5.97 Å². The molecule has 3 rings (SSSR count). The second kappa shape index (κ2) is 8.19. The Balaban J connectivity index is 2.06. The van der Waals surface area contributed by atoms with Crippen molar-refractivity contribution in [3.05, 3.63) is 62.3 Å². The zero-order chi connectivity index (χ0) is 21.1. The van der Waals surface area contributed by atoms with E-state index in [1.807, 2.05) is 0 Å². The summed E-state index contributed by atoms with van der Waals surface area (Å²) in [6.45, 7) is 0. The average Bonchev–Trinajstić information content (AvgIpc) is 3.07. The van der Waals surface area contributed by atoms with Gasteiger partial charge in [0.05, 0.1) is 36.8 Å². The molecule has 0 fully saturated rings. The molecule has 0 saturated carbocycles. The smallest absolute Gasteiger partial charge is 0.363 e. The molecule has 0 N–H and O–H groups in total. The van der Waals surface area contributed by atoms with Crippen LogP contribution in [0.3, 0.4) is 0 Å². The van der Waals surface area contributed by atoms with E-state index in [1.54, 1.807) is 12.1 Å². The molecule has 10 heteroatoms. The number of non-ortho nitro benzene ring substituents is 1. The number of carbonyl (C=O) groups is 1. The summed E-state index contributed by atoms with van der Waals surface area (Å²) in [5.74, 6) is 0.430. The largest absolute Gasteiger partial charge is 0.496 e. The van der Waals surface area contributed by atoms with Gasteiger partial charge in [0.1, 0.15) is 5.75 Å². The van der Waals surface area contributed by atoms with Crippen LogP contribution in [-0.2, 0) is 9.53 Å². The Hall–Kier alpha value is -3.59. The van der Waals surface area contributed by atoms with Gasteiger partial charge in [-0.15, -0.1) is 0 Å². The number of rotatable bonds is 6. The van der Waals surface area contributed by atoms with E-state index in [2.05, 4.69) is 4.99 Å². The highest BCUT2D eigenvalue weighted by Crippen LogP contribution is 2.36. The molecule has 0 radical (unpaired) electrons. The van der Waals surface area contributed by atoms with Gasteiger partial charge in [-0.25, -0.2) is 9.79 Å². The van der Waals surface area contributed by atoms with Gasteiger partial charge in [-0.3, -0.25) is 10.1 Å². The SMILES string of the molecule is COc1cc(OC)c(OC)cc1C=C1N=C(c2cc([N+](=O)[O-])ccc2Cl)OC1=O. The Bertz CT molecular complexity index is 1060. The topological polar surface area (TPSA) is 109 Å². The third kappa shape index (κ3) is 3.99. The molecular formula is C19H15ClN2O7. The van der Waals surface area contributed by atoms with Gasteiger partial charge in [0, 0.05) is 23.8 Å². The number of hydrogen-bond acceptors (Lipinski definition) is 8. The number of ether oxygens (including phenoxy) is 4. The first-order chi connectivity index (χ1) is 13.9. The van der Waals surface area contributed by atoms with Crippen molar-refractivity contribution >= 4 is 35.2 Å². The summed E-state index contributed by atoms with van der Waals surface area (Å²) in [5.41, 5.74) is 0.388. The lowest BCUT2D eigenvalue weighted by molar-refractivity contribution is -0.384. The molecule has 9 nitrogen and oxygen atoms in total. The van der Waals surface area contributed by atoms with E-state index in [9.17, 15) is 14.9 Å². The standard InChI is InChI=1S/C19H15ClN2O7/c1-26-15-9-17(28-3)16(27-2)7-10(15)6-14-19(23)29-18(21-14)12-8-11(22(24)25)4-5-13(12)20/h4-9H,1-3H3. The predicted molar refractivity (Wildman–Crippen MR) is 105 cm³/mol. The van der Waals surface area contributed by atoms with Crippen molar-refractivity contribution in [2.75, 3.05) is 21.3 Å². The summed E-state index contributed by atoms with van der Waals surface area (Å²) in [4.78, 5) is 26.9. The van der Waals surface area contributed by atoms with Gasteiger partial charge in [0.25, 0.3) is 5.69 Å². The van der Waals surface area contributed by atoms with Crippen molar-refractivity contribution in [3.63, 3.8) is 0 Å². The van der Waals surface area contributed by atoms with E-state index in [4.69, 9.17) is 30.5 Å². The first-order valence-corrected chi connectivity index (χ1v) is 8.52. The van der Waals surface area contributed by atoms with E-state index >= 15 is 0 Å². The minimum Gasteiger partial charge on any atom is -0.496 e. The predicted octanol–water partition coefficient (Wildman–Crippen LogP) is 3.62. The third-order valence-corrected chi connectivity index (χ3v) is 4.37.